The van der Waals surface area contributed by atoms with Gasteiger partial charge >= 0.3 is 17.9 Å². The van der Waals surface area contributed by atoms with Gasteiger partial charge in [-0.3, -0.25) is 120 Å². The van der Waals surface area contributed by atoms with Crippen LogP contribution in [0.15, 0.2) is 0 Å². The summed E-state index contributed by atoms with van der Waals surface area (Å²) in [6.45, 7) is 20.6. The molecule has 0 saturated heterocycles. The molecule has 58 nitrogen and oxygen atoms in total. The molecule has 38 N–H and O–H groups in total. The largest absolute Gasteiger partial charge is 0.481 e. The van der Waals surface area contributed by atoms with Gasteiger partial charge in [0.05, 0.1) is 57.2 Å². The Bertz CT molecular complexity index is 4480. The van der Waals surface area contributed by atoms with Crippen molar-refractivity contribution in [3.63, 3.8) is 0 Å². The molecule has 0 saturated carbocycles. The molecule has 0 unspecified atom stereocenters. The van der Waals surface area contributed by atoms with Crippen LogP contribution in [0.2, 0.25) is 0 Å². The molecule has 0 heterocycles. The van der Waals surface area contributed by atoms with Gasteiger partial charge in [0.25, 0.3) is 0 Å². The molecule has 22 atom stereocenters. The predicted molar refractivity (Wildman–Crippen MR) is 507 cm³/mol. The molecule has 22 amide bonds. The summed E-state index contributed by atoms with van der Waals surface area (Å²) in [4.78, 5) is 331. The van der Waals surface area contributed by atoms with E-state index in [1.807, 2.05) is 16.0 Å². The summed E-state index contributed by atoms with van der Waals surface area (Å²) >= 11 is 0. The second-order valence-electron chi connectivity index (χ2n) is 36.0. The fourth-order valence-electron chi connectivity index (χ4n) is 13.1. The van der Waals surface area contributed by atoms with Gasteiger partial charge < -0.3 is 171 Å². The normalized spacial score (nSPS) is 15.7. The van der Waals surface area contributed by atoms with Crippen molar-refractivity contribution in [2.24, 2.45) is 58.3 Å². The molecule has 0 aromatic rings. The summed E-state index contributed by atoms with van der Waals surface area (Å²) in [5.41, 5.74) is 27.8. The van der Waals surface area contributed by atoms with E-state index in [0.717, 1.165) is 34.6 Å². The van der Waals surface area contributed by atoms with Crippen LogP contribution in [0.4, 0.5) is 0 Å². The first-order valence-corrected chi connectivity index (χ1v) is 46.6. The molecule has 0 aliphatic rings. The lowest BCUT2D eigenvalue weighted by Gasteiger charge is -2.29. The van der Waals surface area contributed by atoms with E-state index in [9.17, 15) is 151 Å². The molecule has 0 spiro atoms. The van der Waals surface area contributed by atoms with Gasteiger partial charge in [-0.05, 0) is 130 Å². The molecule has 58 heteroatoms. The predicted octanol–water partition coefficient (Wildman–Crippen LogP) is -13.2. The van der Waals surface area contributed by atoms with E-state index < -0.39 is 344 Å². The molecule has 0 fully saturated rings. The van der Waals surface area contributed by atoms with E-state index in [1.165, 1.54) is 55.4 Å². The number of aliphatic hydroxyl groups excluding tert-OH is 3. The van der Waals surface area contributed by atoms with Gasteiger partial charge in [-0.15, -0.1) is 0 Å². The lowest BCUT2D eigenvalue weighted by molar-refractivity contribution is -0.143. The second kappa shape index (κ2) is 65.1. The summed E-state index contributed by atoms with van der Waals surface area (Å²) in [7, 11) is 0. The Labute approximate surface area is 830 Å². The SMILES string of the molecule is CC[C@H](C)[C@H](NC(=O)[C@H](CCCCN)NC(=O)[C@@H](N)CCCNC(=N)N)C(=O)N[C@H](C(=O)NCC(=O)N[C@H](C(=O)N[C@@H](C)C(=O)N[C@@H](C)C(=O)NCC(=O)N[C@@H](CO)C(=O)N[C@@H](C)C(=O)N[C@@H](CC(=O)O)C(=O)N[C@H](C(=O)N[C@@H](CC(=O)O)C(=O)N[C@@H](C)C(=O)N[C@H](C(=O)N[C@@H](CC(N)=O)C(=O)N[C@H](C(=O)N[C@@H](C)C(=O)N[C@@H](CCC(N)=O)C(=O)N[C@@H](CC(C)C)C(=O)O)C(C)C)C(C)C)[C@@H](C)O)C(C)C)[C@@H](C)O. The number of primary amides is 2. The van der Waals surface area contributed by atoms with Crippen molar-refractivity contribution in [3.8, 4) is 0 Å². The Morgan fingerprint density at radius 3 is 1.07 bits per heavy atom. The van der Waals surface area contributed by atoms with Crippen LogP contribution < -0.4 is 140 Å². The third kappa shape index (κ3) is 49.0. The van der Waals surface area contributed by atoms with E-state index in [4.69, 9.17) is 34.1 Å². The first kappa shape index (κ1) is 130. The molecule has 0 aliphatic carbocycles. The Kier molecular flexibility index (Phi) is 58.7. The fourth-order valence-corrected chi connectivity index (χ4v) is 13.1. The molecule has 0 aromatic heterocycles. The first-order chi connectivity index (χ1) is 66.9. The van der Waals surface area contributed by atoms with Gasteiger partial charge in [0.1, 0.15) is 109 Å². The summed E-state index contributed by atoms with van der Waals surface area (Å²) in [5.74, 6) is -32.6. The lowest BCUT2D eigenvalue weighted by Crippen LogP contribution is -2.62. The van der Waals surface area contributed by atoms with Crippen molar-refractivity contribution in [1.29, 1.82) is 5.41 Å². The molecule has 0 rings (SSSR count). The zero-order chi connectivity index (χ0) is 111. The van der Waals surface area contributed by atoms with Crippen molar-refractivity contribution in [1.82, 2.24) is 112 Å². The highest BCUT2D eigenvalue weighted by molar-refractivity contribution is 6.03. The Morgan fingerprint density at radius 2 is 0.639 bits per heavy atom. The average molecular weight is 2060 g/mol. The number of carbonyl (C=O) groups excluding carboxylic acids is 22. The smallest absolute Gasteiger partial charge is 0.326 e. The average Bonchev–Trinajstić information content (AvgIpc) is 0.860. The standard InChI is InChI=1S/C86H149N27O31/c1-18-39(10)64(111-74(132)48(23-19-20-26-87)103-72(130)47(88)22-21-27-93-86(91)92)83(141)113-65(45(16)115)79(137)95-33-58(120)108-61(36(4)5)80(138)99-41(12)68(126)96-40(11)67(125)94-32-57(119)101-54(34-114)78(136)98-42(13)70(128)104-52(31-60(123)124)77(135)112-66(46(17)116)84(142)106-51(30-59(121)122)75(133)97-44(15)71(129)109-63(38(8)9)82(140)105-50(29-56(90)118)76(134)110-62(37(6)7)81(139)100-43(14)69(127)102-49(24-25-55(89)117)73(131)107-53(85(143)144)28-35(2)3/h35-54,61-66,114-116H,18-34,87-88H2,1-17H3,(H2,89,117)(H2,90,118)(H,94,125)(H,95,137)(H,96,126)(H,97,133)(H,98,136)(H,99,138)(H,100,139)(H,101,119)(H,102,127)(H,103,130)(H,104,128)(H,105,140)(H,106,142)(H,107,131)(H,108,120)(H,109,129)(H,110,134)(H,111,132)(H,112,135)(H,113,141)(H,121,122)(H,123,124)(H,143,144)(H4,91,92,93)/t39-,40-,41-,42-,43-,44-,45+,46+,47-,48-,49-,50-,51-,52-,53-,54-,61-,62-,63-,64-,65-,66-/m0/s1. The number of aliphatic hydroxyl groups is 3. The number of hydrogen-bond donors (Lipinski definition) is 33. The number of rotatable bonds is 68. The fraction of sp³-hybridized carbons (Fsp3) is 0.698. The minimum atomic E-state index is -2.22. The molecular formula is C86H149N27O31. The van der Waals surface area contributed by atoms with Crippen molar-refractivity contribution in [2.45, 2.75) is 322 Å². The number of carboxylic acid groups (broad SMARTS) is 3. The number of carboxylic acids is 3. The van der Waals surface area contributed by atoms with Gasteiger partial charge in [-0.25, -0.2) is 4.79 Å². The Morgan fingerprint density at radius 1 is 0.312 bits per heavy atom. The maximum Gasteiger partial charge on any atom is 0.326 e. The number of nitrogens with two attached hydrogens (primary N) is 5. The highest BCUT2D eigenvalue weighted by Gasteiger charge is 2.42. The number of hydrogen-bond acceptors (Lipinski definition) is 31. The summed E-state index contributed by atoms with van der Waals surface area (Å²) in [5, 5.41) is 116. The molecular weight excluding hydrogens is 1910 g/mol. The van der Waals surface area contributed by atoms with E-state index in [-0.39, 0.29) is 50.7 Å². The van der Waals surface area contributed by atoms with Crippen molar-refractivity contribution in [2.75, 3.05) is 32.8 Å². The topological polar surface area (TPSA) is 955 Å². The number of amides is 22. The Hall–Kier alpha value is -14.2. The lowest BCUT2D eigenvalue weighted by atomic mass is 9.96. The first-order valence-electron chi connectivity index (χ1n) is 46.6. The third-order valence-corrected chi connectivity index (χ3v) is 21.7. The van der Waals surface area contributed by atoms with Crippen LogP contribution in [0.5, 0.6) is 0 Å². The highest BCUT2D eigenvalue weighted by Crippen LogP contribution is 2.16. The zero-order valence-electron chi connectivity index (χ0n) is 83.8. The van der Waals surface area contributed by atoms with Crippen LogP contribution >= 0.6 is 0 Å². The van der Waals surface area contributed by atoms with Gasteiger partial charge in [-0.2, -0.15) is 0 Å². The molecule has 814 valence electrons. The van der Waals surface area contributed by atoms with Gasteiger partial charge in [0, 0.05) is 13.0 Å². The van der Waals surface area contributed by atoms with Gasteiger partial charge in [-0.1, -0.05) is 75.7 Å². The van der Waals surface area contributed by atoms with Crippen molar-refractivity contribution in [3.05, 3.63) is 0 Å². The number of carbonyl (C=O) groups is 25. The van der Waals surface area contributed by atoms with Crippen LogP contribution in [0.1, 0.15) is 195 Å². The third-order valence-electron chi connectivity index (χ3n) is 21.7. The van der Waals surface area contributed by atoms with Crippen LogP contribution in [0.25, 0.3) is 0 Å². The van der Waals surface area contributed by atoms with Crippen LogP contribution in [0.3, 0.4) is 0 Å². The van der Waals surface area contributed by atoms with Crippen molar-refractivity contribution < 1.29 is 151 Å². The van der Waals surface area contributed by atoms with Gasteiger partial charge in [0.2, 0.25) is 130 Å². The van der Waals surface area contributed by atoms with E-state index >= 15 is 0 Å². The maximum absolute atomic E-state index is 14.0. The molecule has 0 radical (unpaired) electrons. The van der Waals surface area contributed by atoms with Gasteiger partial charge in [0.15, 0.2) is 5.96 Å². The summed E-state index contributed by atoms with van der Waals surface area (Å²) in [6, 6.07) is -31.1. The quantitative estimate of drug-likeness (QED) is 0.0153. The van der Waals surface area contributed by atoms with Crippen LogP contribution in [-0.2, 0) is 120 Å². The number of guanidine groups is 1. The van der Waals surface area contributed by atoms with E-state index in [0.29, 0.717) is 25.7 Å². The number of unbranched alkanes of at least 4 members (excludes halogenated alkanes) is 1. The minimum absolute atomic E-state index is 0.00697. The molecule has 0 aromatic carbocycles. The summed E-state index contributed by atoms with van der Waals surface area (Å²) in [6.07, 6.45) is -6.10. The maximum atomic E-state index is 14.0. The molecule has 0 bridgehead atoms. The number of nitrogens with one attached hydrogen (secondary N) is 22. The number of aliphatic carboxylic acids is 3. The van der Waals surface area contributed by atoms with E-state index in [1.54, 1.807) is 27.7 Å². The minimum Gasteiger partial charge on any atom is -0.481 e. The second-order valence-corrected chi connectivity index (χ2v) is 36.0. The molecule has 0 aliphatic heterocycles. The Balaban J connectivity index is 6.12. The monoisotopic (exact) mass is 2060 g/mol. The van der Waals surface area contributed by atoms with Crippen LogP contribution in [0, 0.1) is 35.0 Å². The molecule has 144 heavy (non-hydrogen) atoms. The van der Waals surface area contributed by atoms with Crippen molar-refractivity contribution >= 4 is 154 Å². The zero-order valence-corrected chi connectivity index (χ0v) is 83.8. The summed E-state index contributed by atoms with van der Waals surface area (Å²) < 4.78 is 0. The van der Waals surface area contributed by atoms with Crippen LogP contribution in [-0.4, -0.2) is 344 Å². The van der Waals surface area contributed by atoms with E-state index in [2.05, 4.69) is 95.7 Å². The highest BCUT2D eigenvalue weighted by atomic mass is 16.4.